The van der Waals surface area contributed by atoms with Crippen molar-refractivity contribution in [2.75, 3.05) is 0 Å². The molecule has 0 radical (unpaired) electrons. The summed E-state index contributed by atoms with van der Waals surface area (Å²) in [6.45, 7) is 0. The molecular weight excluding hydrogens is 397 g/mol. The molecule has 0 aliphatic carbocycles. The van der Waals surface area contributed by atoms with Crippen LogP contribution in [0.4, 0.5) is 4.79 Å². The lowest BCUT2D eigenvalue weighted by Gasteiger charge is -2.07. The van der Waals surface area contributed by atoms with Crippen molar-refractivity contribution in [3.05, 3.63) is 63.6 Å². The fourth-order valence-corrected chi connectivity index (χ4v) is 2.52. The van der Waals surface area contributed by atoms with E-state index in [4.69, 9.17) is 38.8 Å². The molecule has 4 N–H and O–H groups in total. The number of nitrogens with zero attached hydrogens (tertiary/aromatic N) is 1. The Morgan fingerprint density at radius 2 is 1.74 bits per heavy atom. The van der Waals surface area contributed by atoms with Crippen molar-refractivity contribution < 1.29 is 24.2 Å². The Hall–Kier alpha value is -3.10. The summed E-state index contributed by atoms with van der Waals surface area (Å²) in [4.78, 5) is 37.9. The van der Waals surface area contributed by atoms with Crippen LogP contribution in [0.25, 0.3) is 0 Å². The van der Waals surface area contributed by atoms with Gasteiger partial charge in [-0.1, -0.05) is 35.3 Å². The Kier molecular flexibility index (Phi) is 6.75. The van der Waals surface area contributed by atoms with E-state index in [9.17, 15) is 14.4 Å². The van der Waals surface area contributed by atoms with E-state index in [2.05, 4.69) is 10.3 Å². The minimum Gasteiger partial charge on any atom is -0.478 e. The summed E-state index contributed by atoms with van der Waals surface area (Å²) >= 11 is 12.0. The number of benzene rings is 2. The van der Waals surface area contributed by atoms with E-state index in [-0.39, 0.29) is 17.7 Å². The van der Waals surface area contributed by atoms with Gasteiger partial charge in [-0.2, -0.15) is 0 Å². The lowest BCUT2D eigenvalue weighted by molar-refractivity contribution is -0.119. The predicted octanol–water partition coefficient (Wildman–Crippen LogP) is 2.86. The quantitative estimate of drug-likeness (QED) is 0.525. The van der Waals surface area contributed by atoms with Gasteiger partial charge in [0.25, 0.3) is 0 Å². The number of carbonyl (C=O) groups is 3. The maximum atomic E-state index is 12.0. The number of carboxylic acid groups (broad SMARTS) is 1. The molecule has 0 atom stereocenters. The van der Waals surface area contributed by atoms with Crippen LogP contribution >= 0.6 is 23.2 Å². The zero-order valence-electron chi connectivity index (χ0n) is 13.6. The number of rotatable bonds is 4. The summed E-state index contributed by atoms with van der Waals surface area (Å²) in [5.41, 5.74) is 5.83. The average Bonchev–Trinajstić information content (AvgIpc) is 2.58. The number of ether oxygens (including phenoxy) is 1. The molecule has 140 valence electrons. The summed E-state index contributed by atoms with van der Waals surface area (Å²) < 4.78 is 4.85. The molecule has 2 aromatic carbocycles. The zero-order chi connectivity index (χ0) is 20.0. The van der Waals surface area contributed by atoms with Crippen LogP contribution in [0.1, 0.15) is 15.9 Å². The van der Waals surface area contributed by atoms with Crippen LogP contribution in [0.5, 0.6) is 5.75 Å². The summed E-state index contributed by atoms with van der Waals surface area (Å²) in [6.07, 6.45) is -1.31. The van der Waals surface area contributed by atoms with Crippen molar-refractivity contribution in [1.29, 1.82) is 0 Å². The normalized spacial score (nSPS) is 11.0. The second-order valence-corrected chi connectivity index (χ2v) is 5.94. The van der Waals surface area contributed by atoms with Gasteiger partial charge in [0.05, 0.1) is 12.0 Å². The highest BCUT2D eigenvalue weighted by atomic mass is 35.5. The predicted molar refractivity (Wildman–Crippen MR) is 99.4 cm³/mol. The van der Waals surface area contributed by atoms with Crippen molar-refractivity contribution in [2.24, 2.45) is 10.7 Å². The van der Waals surface area contributed by atoms with E-state index in [1.807, 2.05) is 0 Å². The topological polar surface area (TPSA) is 131 Å². The first-order valence-corrected chi connectivity index (χ1v) is 8.14. The van der Waals surface area contributed by atoms with E-state index in [0.717, 1.165) is 6.07 Å². The molecule has 2 aromatic rings. The fourth-order valence-electron chi connectivity index (χ4n) is 1.99. The fraction of sp³-hybridized carbons (Fsp3) is 0.0588. The van der Waals surface area contributed by atoms with E-state index >= 15 is 0 Å². The van der Waals surface area contributed by atoms with Gasteiger partial charge < -0.3 is 15.6 Å². The van der Waals surface area contributed by atoms with Gasteiger partial charge in [0.2, 0.25) is 11.9 Å². The molecule has 0 aliphatic heterocycles. The first kappa shape index (κ1) is 20.2. The third-order valence-electron chi connectivity index (χ3n) is 3.16. The van der Waals surface area contributed by atoms with Crippen LogP contribution in [0, 0.1) is 0 Å². The lowest BCUT2D eigenvalue weighted by Crippen LogP contribution is -2.38. The van der Waals surface area contributed by atoms with Crippen LogP contribution in [0.3, 0.4) is 0 Å². The van der Waals surface area contributed by atoms with Gasteiger partial charge in [-0.3, -0.25) is 10.1 Å². The van der Waals surface area contributed by atoms with E-state index in [0.29, 0.717) is 15.6 Å². The number of hydrogen-bond acceptors (Lipinski definition) is 4. The zero-order valence-corrected chi connectivity index (χ0v) is 15.1. The molecule has 0 aromatic heterocycles. The molecule has 0 fully saturated rings. The van der Waals surface area contributed by atoms with Gasteiger partial charge >= 0.3 is 12.1 Å². The molecule has 2 amide bonds. The molecule has 2 rings (SSSR count). The number of guanidine groups is 1. The van der Waals surface area contributed by atoms with Gasteiger partial charge in [0.15, 0.2) is 0 Å². The van der Waals surface area contributed by atoms with E-state index in [1.165, 1.54) is 18.2 Å². The Labute approximate surface area is 163 Å². The van der Waals surface area contributed by atoms with Crippen molar-refractivity contribution in [3.63, 3.8) is 0 Å². The highest BCUT2D eigenvalue weighted by Crippen LogP contribution is 2.24. The summed E-state index contributed by atoms with van der Waals surface area (Å²) in [5.74, 6) is -2.30. The van der Waals surface area contributed by atoms with E-state index < -0.39 is 23.9 Å². The minimum absolute atomic E-state index is 0.0365. The average molecular weight is 410 g/mol. The van der Waals surface area contributed by atoms with Crippen molar-refractivity contribution in [3.8, 4) is 5.75 Å². The van der Waals surface area contributed by atoms with Crippen LogP contribution in [-0.4, -0.2) is 29.0 Å². The number of hydrogen-bond donors (Lipinski definition) is 3. The minimum atomic E-state index is -1.18. The summed E-state index contributed by atoms with van der Waals surface area (Å²) in [5, 5.41) is 11.7. The molecule has 10 heteroatoms. The van der Waals surface area contributed by atoms with Gasteiger partial charge in [-0.05, 0) is 35.9 Å². The van der Waals surface area contributed by atoms with Gasteiger partial charge in [-0.15, -0.1) is 4.99 Å². The molecule has 0 heterocycles. The summed E-state index contributed by atoms with van der Waals surface area (Å²) in [7, 11) is 0. The molecule has 8 nitrogen and oxygen atoms in total. The molecule has 0 saturated heterocycles. The van der Waals surface area contributed by atoms with Crippen molar-refractivity contribution in [1.82, 2.24) is 5.32 Å². The van der Waals surface area contributed by atoms with E-state index in [1.54, 1.807) is 18.2 Å². The monoisotopic (exact) mass is 409 g/mol. The Morgan fingerprint density at radius 3 is 2.37 bits per heavy atom. The highest BCUT2D eigenvalue weighted by molar-refractivity contribution is 6.36. The maximum Gasteiger partial charge on any atom is 0.442 e. The Bertz CT molecular complexity index is 910. The van der Waals surface area contributed by atoms with Crippen molar-refractivity contribution >= 4 is 47.1 Å². The highest BCUT2D eigenvalue weighted by Gasteiger charge is 2.13. The molecular formula is C17H13Cl2N3O5. The largest absolute Gasteiger partial charge is 0.478 e. The van der Waals surface area contributed by atoms with Crippen LogP contribution in [0.15, 0.2) is 47.5 Å². The third kappa shape index (κ3) is 5.98. The van der Waals surface area contributed by atoms with Crippen molar-refractivity contribution in [2.45, 2.75) is 6.42 Å². The van der Waals surface area contributed by atoms with Gasteiger partial charge in [0.1, 0.15) is 5.75 Å². The molecule has 0 spiro atoms. The smallest absolute Gasteiger partial charge is 0.442 e. The first-order valence-electron chi connectivity index (χ1n) is 7.38. The number of nitrogens with one attached hydrogen (secondary N) is 1. The SMILES string of the molecule is N/C(=N\C(=O)Oc1cccc(C(=O)O)c1)NC(=O)Cc1c(Cl)cccc1Cl. The molecule has 0 unspecified atom stereocenters. The number of halogens is 2. The Morgan fingerprint density at radius 1 is 1.11 bits per heavy atom. The number of aliphatic imine (C=N–C) groups is 1. The molecule has 27 heavy (non-hydrogen) atoms. The van der Waals surface area contributed by atoms with Crippen LogP contribution in [-0.2, 0) is 11.2 Å². The number of carbonyl (C=O) groups excluding carboxylic acids is 2. The van der Waals surface area contributed by atoms with Crippen LogP contribution in [0.2, 0.25) is 10.0 Å². The van der Waals surface area contributed by atoms with Gasteiger partial charge in [0, 0.05) is 10.0 Å². The second-order valence-electron chi connectivity index (χ2n) is 5.12. The number of amides is 2. The second kappa shape index (κ2) is 9.02. The maximum absolute atomic E-state index is 12.0. The first-order chi connectivity index (χ1) is 12.8. The standard InChI is InChI=1S/C17H13Cl2N3O5/c18-12-5-2-6-13(19)11(12)8-14(23)21-16(20)22-17(26)27-10-4-1-3-9(7-10)15(24)25/h1-7H,8H2,(H,24,25)(H3,20,21,22,23,26). The summed E-state index contributed by atoms with van der Waals surface area (Å²) in [6, 6.07) is 10.0. The molecule has 0 aliphatic rings. The molecule has 0 saturated carbocycles. The molecule has 0 bridgehead atoms. The Balaban J connectivity index is 1.98. The lowest BCUT2D eigenvalue weighted by atomic mass is 10.1. The number of aromatic carboxylic acids is 1. The van der Waals surface area contributed by atoms with Gasteiger partial charge in [-0.25, -0.2) is 9.59 Å². The number of nitrogens with two attached hydrogens (primary N) is 1. The number of carboxylic acids is 1. The van der Waals surface area contributed by atoms with Crippen LogP contribution < -0.4 is 15.8 Å². The third-order valence-corrected chi connectivity index (χ3v) is 3.87.